The number of esters is 7. The molecule has 23 nitrogen and oxygen atoms in total. The number of benzene rings is 9. The van der Waals surface area contributed by atoms with Crippen LogP contribution in [0.3, 0.4) is 0 Å². The van der Waals surface area contributed by atoms with Gasteiger partial charge in [-0.2, -0.15) is 65.9 Å². The van der Waals surface area contributed by atoms with E-state index < -0.39 is 195 Å². The zero-order valence-electron chi connectivity index (χ0n) is 79.8. The van der Waals surface area contributed by atoms with E-state index >= 15 is 0 Å². The van der Waals surface area contributed by atoms with Gasteiger partial charge in [-0.15, -0.1) is 0 Å². The van der Waals surface area contributed by atoms with Crippen molar-refractivity contribution in [2.45, 2.75) is 218 Å². The Hall–Kier alpha value is -11.8. The lowest BCUT2D eigenvalue weighted by atomic mass is 9.48. The lowest BCUT2D eigenvalue weighted by Gasteiger charge is -2.59. The molecule has 10 aliphatic carbocycles. The maximum Gasteiger partial charge on any atom is 0.432 e. The first-order valence-corrected chi connectivity index (χ1v) is 54.5. The zero-order valence-corrected chi connectivity index (χ0v) is 84.7. The van der Waals surface area contributed by atoms with Gasteiger partial charge in [0.05, 0.1) is 44.0 Å². The normalized spacial score (nSPS) is 24.8. The van der Waals surface area contributed by atoms with E-state index in [-0.39, 0.29) is 106 Å². The summed E-state index contributed by atoms with van der Waals surface area (Å²) in [5.41, 5.74) is -3.62. The molecule has 0 N–H and O–H groups in total. The number of halogens is 15. The molecule has 1 heterocycles. The SMILES string of the molecule is C=C(C)C(=O)OC12CC3CC(C1)C(C(=O)OC(C(F)(F)F)C(F)(F)S(=O)(=O)[O-])C(C3)C2.C=C(C)C(=O)OC12CC3CC(C1)CC(C(=O)OC(C(F)(F)F)C(F)(F)S(=O)(=O)[O-])(C3)C2.C=C(C)C(=O)OC1C2CC3C(OC(=O)C31)C2C(=O)OC(C(F)(F)F)C(F)(F)S(=O)(=O)[O-].c1ccc([S+](c2ccccc2)c2ccccc2)cc1.c1ccc([S+](c2ccccc2)c2ccccc2)cc1.c1ccc([S+](c2ccccc2)c2ccccc2)cc1. The molecule has 9 aromatic carbocycles. The third-order valence-electron chi connectivity index (χ3n) is 27.0. The summed E-state index contributed by atoms with van der Waals surface area (Å²) in [7, 11) is -20.5. The van der Waals surface area contributed by atoms with Crippen molar-refractivity contribution in [1.82, 2.24) is 0 Å². The predicted octanol–water partition coefficient (Wildman–Crippen LogP) is 21.2. The average Bonchev–Trinajstić information content (AvgIpc) is 1.42. The molecule has 10 saturated carbocycles. The molecule has 20 rings (SSSR count). The Morgan fingerprint density at radius 3 is 0.893 bits per heavy atom. The Kier molecular flexibility index (Phi) is 35.4. The van der Waals surface area contributed by atoms with Gasteiger partial charge in [0.15, 0.2) is 74.4 Å². The van der Waals surface area contributed by atoms with Crippen LogP contribution >= 0.6 is 0 Å². The maximum atomic E-state index is 13.8. The van der Waals surface area contributed by atoms with E-state index in [4.69, 9.17) is 18.9 Å². The fraction of sp³-hybridized carbons (Fsp3) is 0.368. The molecule has 0 aromatic heterocycles. The fourth-order valence-electron chi connectivity index (χ4n) is 21.5. The molecule has 10 bridgehead atoms. The number of carbonyl (C=O) groups excluding carboxylic acids is 7. The largest absolute Gasteiger partial charge is 0.743 e. The van der Waals surface area contributed by atoms with Crippen LogP contribution in [0.2, 0.25) is 0 Å². The Morgan fingerprint density at radius 1 is 0.353 bits per heavy atom. The van der Waals surface area contributed by atoms with Gasteiger partial charge < -0.3 is 46.8 Å². The quantitative estimate of drug-likeness (QED) is 0.0115. The summed E-state index contributed by atoms with van der Waals surface area (Å²) in [6.07, 6.45) is -31.5. The smallest absolute Gasteiger partial charge is 0.432 e. The van der Waals surface area contributed by atoms with Gasteiger partial charge in [0.25, 0.3) is 18.3 Å². The second kappa shape index (κ2) is 46.0. The van der Waals surface area contributed by atoms with Crippen molar-refractivity contribution in [2.24, 2.45) is 64.6 Å². The first-order chi connectivity index (χ1) is 70.2. The van der Waals surface area contributed by atoms with Gasteiger partial charge in [-0.1, -0.05) is 184 Å². The lowest BCUT2D eigenvalue weighted by Crippen LogP contribution is -2.61. The summed E-state index contributed by atoms with van der Waals surface area (Å²) in [4.78, 5) is 98.0. The standard InChI is InChI=1S/2C18H21F5O7S.3C18H15S.C16H15F5O9S/c1-9(2)12(24)30-16-6-10-3-11(7-16)5-15(4-10,8-16)14(25)29-13(17(19,20)21)18(22,23)31(26,27)28;1-8(2)13(24)30-16-5-9-3-10(6-16)12(11(4-9)7-16)14(25)29-15(17(19,20)21)18(22,23)31(26,27)28;3*1-4-10-16(11-5-1)19(17-12-6-2-7-13-17)18-14-8-3-9-15-18;1-4(2)11(22)28-9-6-3-5-7(9)12(23)29-10(5)8(6)13(24)30-14(15(17,18)19)16(20,21)31(25,26)27/h10-11,13H,1,3-8H2,2H3,(H,26,27,28);9-12,15H,1,3-7H2,2H3,(H,26,27,28);3*1-15H;5-10,14H,1,3H2,2H3,(H,25,26,27)/q;;3*+1;/p-3. The molecule has 1 saturated heterocycles. The van der Waals surface area contributed by atoms with E-state index in [1.807, 2.05) is 0 Å². The molecular weight excluding hydrogens is 2120 g/mol. The maximum absolute atomic E-state index is 13.8. The fourth-order valence-corrected chi connectivity index (χ4v) is 29.1. The summed E-state index contributed by atoms with van der Waals surface area (Å²) in [5.74, 6) is -16.0. The average molecular weight is 2220 g/mol. The van der Waals surface area contributed by atoms with Gasteiger partial charge in [0.2, 0.25) is 0 Å². The Bertz CT molecular complexity index is 6110. The summed E-state index contributed by atoms with van der Waals surface area (Å²) >= 11 is 0. The van der Waals surface area contributed by atoms with E-state index in [9.17, 15) is 138 Å². The second-order valence-electron chi connectivity index (χ2n) is 37.9. The zero-order chi connectivity index (χ0) is 110. The lowest BCUT2D eigenvalue weighted by molar-refractivity contribution is -0.269. The number of rotatable bonds is 27. The first kappa shape index (κ1) is 115. The third-order valence-corrected chi connectivity index (χ3v) is 36.3. The van der Waals surface area contributed by atoms with Crippen molar-refractivity contribution in [2.75, 3.05) is 0 Å². The topological polar surface area (TPSA) is 356 Å². The molecule has 802 valence electrons. The highest BCUT2D eigenvalue weighted by Gasteiger charge is 2.74. The van der Waals surface area contributed by atoms with Crippen LogP contribution < -0.4 is 0 Å². The van der Waals surface area contributed by atoms with Crippen molar-refractivity contribution in [1.29, 1.82) is 0 Å². The molecule has 0 radical (unpaired) electrons. The van der Waals surface area contributed by atoms with E-state index in [2.05, 4.69) is 307 Å². The molecule has 11 aliphatic rings. The van der Waals surface area contributed by atoms with Crippen molar-refractivity contribution < 1.29 is 171 Å². The molecule has 150 heavy (non-hydrogen) atoms. The molecule has 44 heteroatoms. The van der Waals surface area contributed by atoms with Crippen LogP contribution in [-0.2, 0) is 130 Å². The monoisotopic (exact) mass is 2220 g/mol. The molecule has 9 aromatic rings. The first-order valence-electron chi connectivity index (χ1n) is 46.6. The summed E-state index contributed by atoms with van der Waals surface area (Å²) < 4.78 is 329. The van der Waals surface area contributed by atoms with Gasteiger partial charge in [-0.05, 0) is 230 Å². The molecule has 13 atom stereocenters. The van der Waals surface area contributed by atoms with Gasteiger partial charge in [0, 0.05) is 35.0 Å². The number of carbonyl (C=O) groups is 7. The van der Waals surface area contributed by atoms with Crippen LogP contribution in [0.25, 0.3) is 0 Å². The Labute approximate surface area is 862 Å². The van der Waals surface area contributed by atoms with Crippen LogP contribution in [0.1, 0.15) is 97.8 Å². The molecular formula is C106H99F15O23S6. The number of alkyl halides is 15. The number of hydrogen-bond donors (Lipinski definition) is 0. The predicted molar refractivity (Wildman–Crippen MR) is 511 cm³/mol. The number of hydrogen-bond acceptors (Lipinski definition) is 23. The second-order valence-corrected chi connectivity index (χ2v) is 48.4. The van der Waals surface area contributed by atoms with Gasteiger partial charge >= 0.3 is 76.1 Å². The van der Waals surface area contributed by atoms with Crippen LogP contribution in [0, 0.1) is 64.6 Å². The minimum atomic E-state index is -6.86. The van der Waals surface area contributed by atoms with Gasteiger partial charge in [0.1, 0.15) is 35.2 Å². The van der Waals surface area contributed by atoms with Crippen molar-refractivity contribution in [3.05, 3.63) is 309 Å². The minimum absolute atomic E-state index is 0.0146. The highest BCUT2D eigenvalue weighted by Crippen LogP contribution is 2.66. The molecule has 0 amide bonds. The van der Waals surface area contributed by atoms with Crippen molar-refractivity contribution >= 4 is 105 Å². The van der Waals surface area contributed by atoms with Crippen LogP contribution in [0.15, 0.2) is 354 Å². The number of fused-ring (bicyclic) bond motifs is 1. The van der Waals surface area contributed by atoms with E-state index in [0.29, 0.717) is 38.5 Å². The van der Waals surface area contributed by atoms with Crippen LogP contribution in [0.5, 0.6) is 0 Å². The van der Waals surface area contributed by atoms with E-state index in [0.717, 1.165) is 0 Å². The van der Waals surface area contributed by atoms with E-state index in [1.54, 1.807) is 0 Å². The van der Waals surface area contributed by atoms with Crippen LogP contribution in [0.4, 0.5) is 65.9 Å². The van der Waals surface area contributed by atoms with Crippen molar-refractivity contribution in [3.8, 4) is 0 Å². The number of ether oxygens (including phenoxy) is 7. The molecule has 1 aliphatic heterocycles. The van der Waals surface area contributed by atoms with Crippen LogP contribution in [-0.4, -0.2) is 157 Å². The Morgan fingerprint density at radius 2 is 0.620 bits per heavy atom. The Balaban J connectivity index is 0.000000152. The minimum Gasteiger partial charge on any atom is -0.743 e. The molecule has 0 spiro atoms. The summed E-state index contributed by atoms with van der Waals surface area (Å²) in [5, 5.41) is -17.8. The van der Waals surface area contributed by atoms with E-state index in [1.165, 1.54) is 64.8 Å². The van der Waals surface area contributed by atoms with Crippen molar-refractivity contribution in [3.63, 3.8) is 0 Å². The molecule has 13 unspecified atom stereocenters. The summed E-state index contributed by atoms with van der Waals surface area (Å²) in [6.45, 7) is 14.4. The third kappa shape index (κ3) is 26.2. The summed E-state index contributed by atoms with van der Waals surface area (Å²) in [6, 6.07) is 96.5. The highest BCUT2D eigenvalue weighted by atomic mass is 32.2. The highest BCUT2D eigenvalue weighted by molar-refractivity contribution is 7.97. The van der Waals surface area contributed by atoms with Gasteiger partial charge in [-0.3, -0.25) is 19.2 Å². The molecule has 11 fully saturated rings. The van der Waals surface area contributed by atoms with Gasteiger partial charge in [-0.25, -0.2) is 39.6 Å².